The Morgan fingerprint density at radius 2 is 1.96 bits per heavy atom. The highest BCUT2D eigenvalue weighted by Crippen LogP contribution is 2.10. The number of benzene rings is 1. The molecule has 0 bridgehead atoms. The van der Waals surface area contributed by atoms with E-state index in [9.17, 15) is 15.2 Å². The minimum absolute atomic E-state index is 0.123. The first-order valence-corrected chi connectivity index (χ1v) is 8.47. The number of hydrogen-bond acceptors (Lipinski definition) is 6. The summed E-state index contributed by atoms with van der Waals surface area (Å²) in [7, 11) is 0. The Bertz CT molecular complexity index is 628. The molecule has 25 heavy (non-hydrogen) atoms. The second kappa shape index (κ2) is 9.67. The molecule has 0 aromatic heterocycles. The fourth-order valence-electron chi connectivity index (χ4n) is 2.72. The number of hydrogen-bond donors (Lipinski definition) is 3. The fraction of sp³-hybridized carbons (Fsp3) is 0.444. The molecule has 0 atom stereocenters. The maximum atomic E-state index is 12.4. The summed E-state index contributed by atoms with van der Waals surface area (Å²) < 4.78 is 0. The number of nitrogens with zero attached hydrogens (tertiary/aromatic N) is 3. The number of nitriles is 1. The summed E-state index contributed by atoms with van der Waals surface area (Å²) in [5.41, 5.74) is 6.74. The number of phenols is 1. The van der Waals surface area contributed by atoms with Gasteiger partial charge in [0.1, 0.15) is 17.4 Å². The maximum Gasteiger partial charge on any atom is 0.266 e. The highest BCUT2D eigenvalue weighted by atomic mass is 16.3. The number of aromatic hydroxyl groups is 1. The molecular formula is C18H25N5O2. The molecule has 1 amide bonds. The molecule has 1 saturated heterocycles. The summed E-state index contributed by atoms with van der Waals surface area (Å²) in [6.07, 6.45) is 2.23. The van der Waals surface area contributed by atoms with Crippen LogP contribution in [0.5, 0.6) is 5.75 Å². The Kier molecular flexibility index (Phi) is 7.26. The van der Waals surface area contributed by atoms with Crippen molar-refractivity contribution < 1.29 is 9.90 Å². The van der Waals surface area contributed by atoms with Gasteiger partial charge in [0.05, 0.1) is 0 Å². The molecule has 0 spiro atoms. The van der Waals surface area contributed by atoms with Crippen LogP contribution in [-0.4, -0.2) is 66.6 Å². The van der Waals surface area contributed by atoms with Gasteiger partial charge in [0, 0.05) is 52.0 Å². The summed E-state index contributed by atoms with van der Waals surface area (Å²) in [6, 6.07) is 8.95. The van der Waals surface area contributed by atoms with E-state index in [0.717, 1.165) is 31.6 Å². The van der Waals surface area contributed by atoms with Crippen molar-refractivity contribution in [3.8, 4) is 11.8 Å². The van der Waals surface area contributed by atoms with Gasteiger partial charge in [-0.2, -0.15) is 5.26 Å². The lowest BCUT2D eigenvalue weighted by Gasteiger charge is -2.34. The number of rotatable bonds is 7. The SMILES string of the molecule is N#C/C(=C/NCCc1ccc(O)cc1)C(=O)N1CCN(CCN)CC1. The average molecular weight is 343 g/mol. The van der Waals surface area contributed by atoms with Crippen molar-refractivity contribution in [2.75, 3.05) is 45.8 Å². The number of nitrogens with two attached hydrogens (primary N) is 1. The van der Waals surface area contributed by atoms with E-state index in [1.807, 2.05) is 18.2 Å². The molecule has 134 valence electrons. The van der Waals surface area contributed by atoms with Crippen LogP contribution in [0.3, 0.4) is 0 Å². The van der Waals surface area contributed by atoms with Crippen LogP contribution in [-0.2, 0) is 11.2 Å². The van der Waals surface area contributed by atoms with Gasteiger partial charge in [-0.15, -0.1) is 0 Å². The van der Waals surface area contributed by atoms with Gasteiger partial charge in [-0.05, 0) is 24.1 Å². The summed E-state index contributed by atoms with van der Waals surface area (Å²) in [6.45, 7) is 4.86. The van der Waals surface area contributed by atoms with E-state index in [1.54, 1.807) is 17.0 Å². The molecular weight excluding hydrogens is 318 g/mol. The number of nitrogens with one attached hydrogen (secondary N) is 1. The normalized spacial score (nSPS) is 15.7. The summed E-state index contributed by atoms with van der Waals surface area (Å²) >= 11 is 0. The summed E-state index contributed by atoms with van der Waals surface area (Å²) in [5.74, 6) is 0.00700. The Morgan fingerprint density at radius 3 is 2.56 bits per heavy atom. The zero-order valence-corrected chi connectivity index (χ0v) is 14.3. The van der Waals surface area contributed by atoms with E-state index in [2.05, 4.69) is 10.2 Å². The molecule has 0 unspecified atom stereocenters. The van der Waals surface area contributed by atoms with Gasteiger partial charge in [0.25, 0.3) is 5.91 Å². The third-order valence-electron chi connectivity index (χ3n) is 4.20. The number of amides is 1. The van der Waals surface area contributed by atoms with Crippen LogP contribution in [0.25, 0.3) is 0 Å². The van der Waals surface area contributed by atoms with Crippen molar-refractivity contribution in [3.05, 3.63) is 41.6 Å². The van der Waals surface area contributed by atoms with Crippen LogP contribution in [0.1, 0.15) is 5.56 Å². The lowest BCUT2D eigenvalue weighted by Crippen LogP contribution is -2.50. The topological polar surface area (TPSA) is 106 Å². The Morgan fingerprint density at radius 1 is 1.28 bits per heavy atom. The van der Waals surface area contributed by atoms with E-state index in [4.69, 9.17) is 5.73 Å². The number of phenolic OH excluding ortho intramolecular Hbond substituents is 1. The van der Waals surface area contributed by atoms with Gasteiger partial charge in [0.2, 0.25) is 0 Å². The molecule has 7 heteroatoms. The predicted octanol–water partition coefficient (Wildman–Crippen LogP) is 0.0347. The second-order valence-corrected chi connectivity index (χ2v) is 5.96. The summed E-state index contributed by atoms with van der Waals surface area (Å²) in [5, 5.41) is 21.5. The molecule has 0 saturated carbocycles. The standard InChI is InChI=1S/C18H25N5O2/c19-6-8-22-9-11-23(12-10-22)18(25)16(13-20)14-21-7-5-15-1-3-17(24)4-2-15/h1-4,14,21,24H,5-12,19H2/b16-14-. The predicted molar refractivity (Wildman–Crippen MR) is 95.6 cm³/mol. The second-order valence-electron chi connectivity index (χ2n) is 5.96. The summed E-state index contributed by atoms with van der Waals surface area (Å²) in [4.78, 5) is 16.3. The van der Waals surface area contributed by atoms with Gasteiger partial charge >= 0.3 is 0 Å². The van der Waals surface area contributed by atoms with E-state index >= 15 is 0 Å². The lowest BCUT2D eigenvalue weighted by molar-refractivity contribution is -0.128. The zero-order chi connectivity index (χ0) is 18.1. The molecule has 7 nitrogen and oxygen atoms in total. The first-order valence-electron chi connectivity index (χ1n) is 8.47. The molecule has 1 aliphatic rings. The fourth-order valence-corrected chi connectivity index (χ4v) is 2.72. The molecule has 1 aliphatic heterocycles. The molecule has 1 fully saturated rings. The van der Waals surface area contributed by atoms with Gasteiger partial charge in [-0.3, -0.25) is 9.69 Å². The first-order chi connectivity index (χ1) is 12.1. The van der Waals surface area contributed by atoms with E-state index in [-0.39, 0.29) is 17.2 Å². The number of carbonyl (C=O) groups excluding carboxylic acids is 1. The van der Waals surface area contributed by atoms with Gasteiger partial charge in [0.15, 0.2) is 0 Å². The minimum atomic E-state index is -0.230. The third kappa shape index (κ3) is 5.78. The zero-order valence-electron chi connectivity index (χ0n) is 14.3. The minimum Gasteiger partial charge on any atom is -0.508 e. The Balaban J connectivity index is 1.80. The van der Waals surface area contributed by atoms with Crippen LogP contribution in [0.2, 0.25) is 0 Å². The van der Waals surface area contributed by atoms with Crippen LogP contribution in [0.15, 0.2) is 36.0 Å². The Labute approximate surface area is 148 Å². The maximum absolute atomic E-state index is 12.4. The largest absolute Gasteiger partial charge is 0.508 e. The molecule has 4 N–H and O–H groups in total. The smallest absolute Gasteiger partial charge is 0.266 e. The molecule has 1 aromatic rings. The van der Waals surface area contributed by atoms with Crippen molar-refractivity contribution in [2.24, 2.45) is 5.73 Å². The highest BCUT2D eigenvalue weighted by Gasteiger charge is 2.23. The van der Waals surface area contributed by atoms with Gasteiger partial charge < -0.3 is 21.1 Å². The van der Waals surface area contributed by atoms with E-state index in [1.165, 1.54) is 6.20 Å². The van der Waals surface area contributed by atoms with Crippen LogP contribution >= 0.6 is 0 Å². The quantitative estimate of drug-likeness (QED) is 0.367. The van der Waals surface area contributed by atoms with Crippen LogP contribution < -0.4 is 11.1 Å². The number of piperazine rings is 1. The molecule has 0 radical (unpaired) electrons. The van der Waals surface area contributed by atoms with Crippen LogP contribution in [0, 0.1) is 11.3 Å². The average Bonchev–Trinajstić information content (AvgIpc) is 2.64. The Hall–Kier alpha value is -2.56. The van der Waals surface area contributed by atoms with Crippen molar-refractivity contribution >= 4 is 5.91 Å². The van der Waals surface area contributed by atoms with Gasteiger partial charge in [-0.1, -0.05) is 12.1 Å². The number of carbonyl (C=O) groups is 1. The molecule has 0 aliphatic carbocycles. The van der Waals surface area contributed by atoms with Crippen molar-refractivity contribution in [1.82, 2.24) is 15.1 Å². The molecule has 1 aromatic carbocycles. The van der Waals surface area contributed by atoms with E-state index < -0.39 is 0 Å². The highest BCUT2D eigenvalue weighted by molar-refractivity contribution is 5.97. The van der Waals surface area contributed by atoms with Crippen molar-refractivity contribution in [3.63, 3.8) is 0 Å². The van der Waals surface area contributed by atoms with E-state index in [0.29, 0.717) is 26.2 Å². The molecule has 2 rings (SSSR count). The third-order valence-corrected chi connectivity index (χ3v) is 4.20. The van der Waals surface area contributed by atoms with Crippen molar-refractivity contribution in [1.29, 1.82) is 5.26 Å². The lowest BCUT2D eigenvalue weighted by atomic mass is 10.1. The van der Waals surface area contributed by atoms with Gasteiger partial charge in [-0.25, -0.2) is 0 Å². The van der Waals surface area contributed by atoms with Crippen molar-refractivity contribution in [2.45, 2.75) is 6.42 Å². The molecule has 1 heterocycles. The van der Waals surface area contributed by atoms with Crippen LogP contribution in [0.4, 0.5) is 0 Å². The monoisotopic (exact) mass is 343 g/mol. The first kappa shape index (κ1) is 18.8.